The van der Waals surface area contributed by atoms with Gasteiger partial charge in [0.05, 0.1) is 18.1 Å². The van der Waals surface area contributed by atoms with Gasteiger partial charge in [0.1, 0.15) is 9.84 Å². The van der Waals surface area contributed by atoms with Crippen LogP contribution < -0.4 is 5.32 Å². The van der Waals surface area contributed by atoms with E-state index in [1.807, 2.05) is 0 Å². The Hall–Kier alpha value is -0.230. The molecule has 0 aromatic carbocycles. The van der Waals surface area contributed by atoms with Crippen molar-refractivity contribution in [3.05, 3.63) is 0 Å². The van der Waals surface area contributed by atoms with Crippen LogP contribution in [0.3, 0.4) is 0 Å². The van der Waals surface area contributed by atoms with Crippen LogP contribution in [0.15, 0.2) is 0 Å². The first-order valence-corrected chi connectivity index (χ1v) is 6.04. The van der Waals surface area contributed by atoms with Gasteiger partial charge in [-0.25, -0.2) is 17.2 Å². The zero-order valence-electron chi connectivity index (χ0n) is 7.17. The van der Waals surface area contributed by atoms with E-state index in [4.69, 9.17) is 0 Å². The van der Waals surface area contributed by atoms with Crippen LogP contribution in [0.25, 0.3) is 0 Å². The molecule has 3 nitrogen and oxygen atoms in total. The lowest BCUT2D eigenvalue weighted by molar-refractivity contribution is 0.140. The zero-order valence-corrected chi connectivity index (χ0v) is 7.99. The highest BCUT2D eigenvalue weighted by atomic mass is 32.2. The molecule has 0 atom stereocenters. The third-order valence-electron chi connectivity index (χ3n) is 2.12. The van der Waals surface area contributed by atoms with E-state index in [0.717, 1.165) is 0 Å². The van der Waals surface area contributed by atoms with Crippen LogP contribution in [0.1, 0.15) is 12.8 Å². The summed E-state index contributed by atoms with van der Waals surface area (Å²) >= 11 is 0. The average Bonchev–Trinajstić information content (AvgIpc) is 2.02. The molecular weight excluding hydrogens is 200 g/mol. The molecule has 0 unspecified atom stereocenters. The molecule has 0 saturated carbocycles. The Labute approximate surface area is 76.4 Å². The molecule has 1 N–H and O–H groups in total. The SMILES string of the molecule is O=S1(=O)CCC(NCC(F)F)CC1. The Morgan fingerprint density at radius 3 is 2.31 bits per heavy atom. The van der Waals surface area contributed by atoms with E-state index in [-0.39, 0.29) is 24.1 Å². The standard InChI is InChI=1S/C7H13F2NO2S/c8-7(9)5-10-6-1-3-13(11,12)4-2-6/h6-7,10H,1-5H2. The average molecular weight is 213 g/mol. The van der Waals surface area contributed by atoms with Crippen LogP contribution in [-0.4, -0.2) is 38.9 Å². The molecule has 1 aliphatic rings. The van der Waals surface area contributed by atoms with Crippen LogP contribution in [0.4, 0.5) is 8.78 Å². The third-order valence-corrected chi connectivity index (χ3v) is 3.83. The first-order valence-electron chi connectivity index (χ1n) is 4.21. The minimum atomic E-state index is -2.88. The van der Waals surface area contributed by atoms with Crippen LogP contribution in [0.2, 0.25) is 0 Å². The molecule has 0 bridgehead atoms. The van der Waals surface area contributed by atoms with E-state index in [9.17, 15) is 17.2 Å². The summed E-state index contributed by atoms with van der Waals surface area (Å²) in [7, 11) is -2.88. The van der Waals surface area contributed by atoms with E-state index in [0.29, 0.717) is 12.8 Å². The summed E-state index contributed by atoms with van der Waals surface area (Å²) in [6.45, 7) is -0.343. The normalized spacial score (nSPS) is 23.6. The third kappa shape index (κ3) is 3.99. The summed E-state index contributed by atoms with van der Waals surface area (Å²) in [6.07, 6.45) is -1.46. The number of halogens is 2. The number of rotatable bonds is 3. The summed E-state index contributed by atoms with van der Waals surface area (Å²) in [6, 6.07) is -0.0578. The maximum atomic E-state index is 11.8. The molecule has 1 rings (SSSR count). The topological polar surface area (TPSA) is 46.2 Å². The second-order valence-corrected chi connectivity index (χ2v) is 5.53. The lowest BCUT2D eigenvalue weighted by Crippen LogP contribution is -2.39. The van der Waals surface area contributed by atoms with Crippen LogP contribution in [0.5, 0.6) is 0 Å². The molecule has 13 heavy (non-hydrogen) atoms. The zero-order chi connectivity index (χ0) is 9.90. The molecule has 0 aromatic heterocycles. The highest BCUT2D eigenvalue weighted by Gasteiger charge is 2.23. The number of alkyl halides is 2. The van der Waals surface area contributed by atoms with Crippen molar-refractivity contribution < 1.29 is 17.2 Å². The van der Waals surface area contributed by atoms with Gasteiger partial charge in [-0.3, -0.25) is 0 Å². The summed E-state index contributed by atoms with van der Waals surface area (Å²) < 4.78 is 45.4. The molecular formula is C7H13F2NO2S. The minimum Gasteiger partial charge on any atom is -0.309 e. The molecule has 0 aromatic rings. The Morgan fingerprint density at radius 1 is 1.31 bits per heavy atom. The molecule has 1 saturated heterocycles. The first kappa shape index (κ1) is 10.8. The molecule has 0 amide bonds. The van der Waals surface area contributed by atoms with Crippen molar-refractivity contribution in [3.8, 4) is 0 Å². The Balaban J connectivity index is 2.26. The smallest absolute Gasteiger partial charge is 0.250 e. The Kier molecular flexibility index (Phi) is 3.61. The van der Waals surface area contributed by atoms with Gasteiger partial charge in [0, 0.05) is 6.04 Å². The fourth-order valence-electron chi connectivity index (χ4n) is 1.35. The van der Waals surface area contributed by atoms with Gasteiger partial charge in [-0.15, -0.1) is 0 Å². The molecule has 1 aliphatic heterocycles. The molecule has 1 heterocycles. The summed E-state index contributed by atoms with van der Waals surface area (Å²) in [5.41, 5.74) is 0. The highest BCUT2D eigenvalue weighted by Crippen LogP contribution is 2.12. The van der Waals surface area contributed by atoms with Crippen molar-refractivity contribution in [1.29, 1.82) is 0 Å². The minimum absolute atomic E-state index is 0.0578. The van der Waals surface area contributed by atoms with Gasteiger partial charge < -0.3 is 5.32 Å². The molecule has 0 radical (unpaired) electrons. The van der Waals surface area contributed by atoms with E-state index >= 15 is 0 Å². The predicted molar refractivity (Wildman–Crippen MR) is 45.7 cm³/mol. The lowest BCUT2D eigenvalue weighted by Gasteiger charge is -2.22. The van der Waals surface area contributed by atoms with Crippen LogP contribution in [-0.2, 0) is 9.84 Å². The highest BCUT2D eigenvalue weighted by molar-refractivity contribution is 7.91. The predicted octanol–water partition coefficient (Wildman–Crippen LogP) is 0.418. The van der Waals surface area contributed by atoms with Crippen molar-refractivity contribution in [2.75, 3.05) is 18.1 Å². The second-order valence-electron chi connectivity index (χ2n) is 3.23. The van der Waals surface area contributed by atoms with Crippen LogP contribution >= 0.6 is 0 Å². The van der Waals surface area contributed by atoms with E-state index < -0.39 is 16.3 Å². The van der Waals surface area contributed by atoms with E-state index in [1.165, 1.54) is 0 Å². The summed E-state index contributed by atoms with van der Waals surface area (Å²) in [4.78, 5) is 0. The van der Waals surface area contributed by atoms with Gasteiger partial charge in [0.2, 0.25) is 0 Å². The summed E-state index contributed by atoms with van der Waals surface area (Å²) in [5, 5.41) is 2.64. The van der Waals surface area contributed by atoms with Gasteiger partial charge in [0.15, 0.2) is 0 Å². The second kappa shape index (κ2) is 4.32. The fourth-order valence-corrected chi connectivity index (χ4v) is 2.84. The monoisotopic (exact) mass is 213 g/mol. The molecule has 1 fully saturated rings. The van der Waals surface area contributed by atoms with Gasteiger partial charge >= 0.3 is 0 Å². The van der Waals surface area contributed by atoms with Crippen molar-refractivity contribution >= 4 is 9.84 Å². The number of nitrogens with one attached hydrogen (secondary N) is 1. The maximum Gasteiger partial charge on any atom is 0.250 e. The largest absolute Gasteiger partial charge is 0.309 e. The fraction of sp³-hybridized carbons (Fsp3) is 1.00. The molecule has 0 aliphatic carbocycles. The maximum absolute atomic E-state index is 11.8. The van der Waals surface area contributed by atoms with Crippen molar-refractivity contribution in [2.24, 2.45) is 0 Å². The molecule has 78 valence electrons. The molecule has 0 spiro atoms. The van der Waals surface area contributed by atoms with Gasteiger partial charge in [0.25, 0.3) is 6.43 Å². The van der Waals surface area contributed by atoms with Crippen LogP contribution in [0, 0.1) is 0 Å². The quantitative estimate of drug-likeness (QED) is 0.739. The van der Waals surface area contributed by atoms with Gasteiger partial charge in [-0.05, 0) is 12.8 Å². The van der Waals surface area contributed by atoms with Gasteiger partial charge in [-0.2, -0.15) is 0 Å². The van der Waals surface area contributed by atoms with E-state index in [2.05, 4.69) is 5.32 Å². The van der Waals surface area contributed by atoms with Crippen molar-refractivity contribution in [3.63, 3.8) is 0 Å². The summed E-state index contributed by atoms with van der Waals surface area (Å²) in [5.74, 6) is 0.238. The lowest BCUT2D eigenvalue weighted by atomic mass is 10.1. The number of sulfone groups is 1. The van der Waals surface area contributed by atoms with E-state index in [1.54, 1.807) is 0 Å². The number of hydrogen-bond donors (Lipinski definition) is 1. The number of hydrogen-bond acceptors (Lipinski definition) is 3. The van der Waals surface area contributed by atoms with Crippen molar-refractivity contribution in [1.82, 2.24) is 5.32 Å². The van der Waals surface area contributed by atoms with Gasteiger partial charge in [-0.1, -0.05) is 0 Å². The Bertz CT molecular complexity index is 239. The van der Waals surface area contributed by atoms with Crippen molar-refractivity contribution in [2.45, 2.75) is 25.3 Å². The Morgan fingerprint density at radius 2 is 1.85 bits per heavy atom. The first-order chi connectivity index (χ1) is 5.99. The molecule has 6 heteroatoms.